The topological polar surface area (TPSA) is 50.7 Å². The van der Waals surface area contributed by atoms with Crippen LogP contribution in [0.25, 0.3) is 0 Å². The van der Waals surface area contributed by atoms with E-state index in [1.54, 1.807) is 0 Å². The van der Waals surface area contributed by atoms with Crippen molar-refractivity contribution in [2.45, 2.75) is 39.8 Å². The number of halogens is 1. The van der Waals surface area contributed by atoms with E-state index in [4.69, 9.17) is 26.2 Å². The van der Waals surface area contributed by atoms with E-state index in [9.17, 15) is 0 Å². The molecule has 0 radical (unpaired) electrons. The molecule has 0 fully saturated rings. The Kier molecular flexibility index (Phi) is 8.75. The van der Waals surface area contributed by atoms with Crippen molar-refractivity contribution < 1.29 is 14.6 Å². The number of hydrogen-bond donors (Lipinski definition) is 2. The first-order chi connectivity index (χ1) is 12.7. The van der Waals surface area contributed by atoms with Gasteiger partial charge in [-0.25, -0.2) is 0 Å². The van der Waals surface area contributed by atoms with Crippen LogP contribution in [0.1, 0.15) is 36.5 Å². The second kappa shape index (κ2) is 11.1. The third-order valence-electron chi connectivity index (χ3n) is 4.09. The Morgan fingerprint density at radius 1 is 1.12 bits per heavy atom. The van der Waals surface area contributed by atoms with Gasteiger partial charge in [0.15, 0.2) is 11.5 Å². The fourth-order valence-electron chi connectivity index (χ4n) is 2.64. The van der Waals surface area contributed by atoms with Crippen LogP contribution in [0.3, 0.4) is 0 Å². The summed E-state index contributed by atoms with van der Waals surface area (Å²) in [6.07, 6.45) is 1.75. The second-order valence-corrected chi connectivity index (χ2v) is 6.57. The number of aliphatic hydroxyl groups excluding tert-OH is 1. The minimum atomic E-state index is 0.231. The molecule has 142 valence electrons. The zero-order valence-electron chi connectivity index (χ0n) is 15.6. The number of aliphatic hydroxyl groups is 1. The van der Waals surface area contributed by atoms with Crippen molar-refractivity contribution in [1.82, 2.24) is 5.32 Å². The molecule has 2 rings (SSSR count). The average Bonchev–Trinajstić information content (AvgIpc) is 2.62. The first-order valence-corrected chi connectivity index (χ1v) is 9.47. The summed E-state index contributed by atoms with van der Waals surface area (Å²) in [6, 6.07) is 12.0. The summed E-state index contributed by atoms with van der Waals surface area (Å²) in [4.78, 5) is 0. The number of unbranched alkanes of at least 4 members (excludes halogenated alkanes) is 1. The molecule has 2 N–H and O–H groups in total. The lowest BCUT2D eigenvalue weighted by Crippen LogP contribution is -2.15. The van der Waals surface area contributed by atoms with Crippen molar-refractivity contribution in [1.29, 1.82) is 0 Å². The predicted octanol–water partition coefficient (Wildman–Crippen LogP) is 4.49. The van der Waals surface area contributed by atoms with Crippen LogP contribution < -0.4 is 14.8 Å². The van der Waals surface area contributed by atoms with E-state index in [1.165, 1.54) is 5.56 Å². The summed E-state index contributed by atoms with van der Waals surface area (Å²) < 4.78 is 11.7. The highest BCUT2D eigenvalue weighted by atomic mass is 35.5. The van der Waals surface area contributed by atoms with Gasteiger partial charge in [-0.1, -0.05) is 35.9 Å². The van der Waals surface area contributed by atoms with Crippen LogP contribution in [0.5, 0.6) is 11.5 Å². The maximum atomic E-state index is 8.82. The number of ether oxygens (including phenoxy) is 2. The van der Waals surface area contributed by atoms with Crippen LogP contribution in [-0.2, 0) is 13.2 Å². The molecule has 0 unspecified atom stereocenters. The molecule has 2 aromatic carbocycles. The molecule has 0 heterocycles. The Labute approximate surface area is 161 Å². The van der Waals surface area contributed by atoms with E-state index in [-0.39, 0.29) is 6.61 Å². The molecule has 26 heavy (non-hydrogen) atoms. The van der Waals surface area contributed by atoms with Crippen LogP contribution in [0.4, 0.5) is 0 Å². The summed E-state index contributed by atoms with van der Waals surface area (Å²) in [7, 11) is 0. The highest BCUT2D eigenvalue weighted by molar-refractivity contribution is 6.32. The summed E-state index contributed by atoms with van der Waals surface area (Å²) >= 11 is 6.47. The fraction of sp³-hybridized carbons (Fsp3) is 0.429. The maximum absolute atomic E-state index is 8.82. The Morgan fingerprint density at radius 2 is 1.92 bits per heavy atom. The van der Waals surface area contributed by atoms with Crippen LogP contribution in [0.2, 0.25) is 5.02 Å². The highest BCUT2D eigenvalue weighted by Crippen LogP contribution is 2.37. The molecule has 0 aromatic heterocycles. The smallest absolute Gasteiger partial charge is 0.180 e. The van der Waals surface area contributed by atoms with E-state index < -0.39 is 0 Å². The molecule has 0 spiro atoms. The van der Waals surface area contributed by atoms with E-state index in [2.05, 4.69) is 18.3 Å². The zero-order valence-corrected chi connectivity index (χ0v) is 16.3. The van der Waals surface area contributed by atoms with Crippen molar-refractivity contribution in [3.63, 3.8) is 0 Å². The Hall–Kier alpha value is -1.75. The minimum Gasteiger partial charge on any atom is -0.490 e. The molecule has 0 aliphatic rings. The number of hydrogen-bond acceptors (Lipinski definition) is 4. The van der Waals surface area contributed by atoms with Crippen LogP contribution in [-0.4, -0.2) is 24.9 Å². The van der Waals surface area contributed by atoms with Crippen LogP contribution in [0, 0.1) is 6.92 Å². The quantitative estimate of drug-likeness (QED) is 0.566. The van der Waals surface area contributed by atoms with Crippen molar-refractivity contribution in [3.05, 3.63) is 58.1 Å². The summed E-state index contributed by atoms with van der Waals surface area (Å²) in [5.41, 5.74) is 3.36. The molecule has 0 atom stereocenters. The van der Waals surface area contributed by atoms with Crippen molar-refractivity contribution in [2.75, 3.05) is 19.8 Å². The van der Waals surface area contributed by atoms with Gasteiger partial charge in [0.1, 0.15) is 6.61 Å². The fourth-order valence-corrected chi connectivity index (χ4v) is 2.93. The second-order valence-electron chi connectivity index (χ2n) is 6.16. The Morgan fingerprint density at radius 3 is 2.65 bits per heavy atom. The van der Waals surface area contributed by atoms with Gasteiger partial charge >= 0.3 is 0 Å². The normalized spacial score (nSPS) is 10.8. The summed E-state index contributed by atoms with van der Waals surface area (Å²) in [6.45, 7) is 6.79. The molecule has 0 bridgehead atoms. The van der Waals surface area contributed by atoms with Crippen molar-refractivity contribution in [2.24, 2.45) is 0 Å². The molecule has 5 heteroatoms. The summed E-state index contributed by atoms with van der Waals surface area (Å²) in [5.74, 6) is 1.25. The van der Waals surface area contributed by atoms with Gasteiger partial charge in [-0.3, -0.25) is 0 Å². The largest absolute Gasteiger partial charge is 0.490 e. The Bertz CT molecular complexity index is 691. The lowest BCUT2D eigenvalue weighted by molar-refractivity contribution is 0.268. The standard InChI is InChI=1S/C21H28ClNO3/c1-3-25-20-13-17(14-23-10-6-7-11-24)12-19(22)21(20)26-15-18-9-5-4-8-16(18)2/h4-5,8-9,12-13,23-24H,3,6-7,10-11,14-15H2,1-2H3. The van der Waals surface area contributed by atoms with E-state index in [0.29, 0.717) is 36.3 Å². The van der Waals surface area contributed by atoms with E-state index in [0.717, 1.165) is 30.5 Å². The van der Waals surface area contributed by atoms with Crippen molar-refractivity contribution >= 4 is 11.6 Å². The number of aryl methyl sites for hydroxylation is 1. The van der Waals surface area contributed by atoms with E-state index >= 15 is 0 Å². The molecule has 0 saturated carbocycles. The lowest BCUT2D eigenvalue weighted by Gasteiger charge is -2.16. The van der Waals surface area contributed by atoms with Crippen molar-refractivity contribution in [3.8, 4) is 11.5 Å². The highest BCUT2D eigenvalue weighted by Gasteiger charge is 2.13. The molecule has 0 saturated heterocycles. The molecule has 4 nitrogen and oxygen atoms in total. The molecular weight excluding hydrogens is 350 g/mol. The van der Waals surface area contributed by atoms with Gasteiger partial charge in [-0.15, -0.1) is 0 Å². The molecule has 0 amide bonds. The third kappa shape index (κ3) is 6.20. The van der Waals surface area contributed by atoms with Crippen LogP contribution in [0.15, 0.2) is 36.4 Å². The predicted molar refractivity (Wildman–Crippen MR) is 106 cm³/mol. The molecule has 0 aliphatic heterocycles. The van der Waals surface area contributed by atoms with E-state index in [1.807, 2.05) is 37.3 Å². The monoisotopic (exact) mass is 377 g/mol. The summed E-state index contributed by atoms with van der Waals surface area (Å²) in [5, 5.41) is 12.7. The van der Waals surface area contributed by atoms with Gasteiger partial charge in [0.2, 0.25) is 0 Å². The number of rotatable bonds is 11. The van der Waals surface area contributed by atoms with Crippen LogP contribution >= 0.6 is 11.6 Å². The van der Waals surface area contributed by atoms with Gasteiger partial charge in [0, 0.05) is 13.2 Å². The lowest BCUT2D eigenvalue weighted by atomic mass is 10.1. The van der Waals surface area contributed by atoms with Gasteiger partial charge in [0.05, 0.1) is 11.6 Å². The number of nitrogens with one attached hydrogen (secondary N) is 1. The maximum Gasteiger partial charge on any atom is 0.180 e. The first-order valence-electron chi connectivity index (χ1n) is 9.09. The molecule has 0 aliphatic carbocycles. The van der Waals surface area contributed by atoms with Gasteiger partial charge in [0.25, 0.3) is 0 Å². The zero-order chi connectivity index (χ0) is 18.8. The van der Waals surface area contributed by atoms with Gasteiger partial charge in [-0.05, 0) is 62.1 Å². The minimum absolute atomic E-state index is 0.231. The third-order valence-corrected chi connectivity index (χ3v) is 4.37. The number of benzene rings is 2. The average molecular weight is 378 g/mol. The Balaban J connectivity index is 2.06. The van der Waals surface area contributed by atoms with Gasteiger partial charge < -0.3 is 19.9 Å². The molecular formula is C21H28ClNO3. The first kappa shape index (κ1) is 20.6. The SMILES string of the molecule is CCOc1cc(CNCCCCO)cc(Cl)c1OCc1ccccc1C. The van der Waals surface area contributed by atoms with Gasteiger partial charge in [-0.2, -0.15) is 0 Å². The molecule has 2 aromatic rings.